The highest BCUT2D eigenvalue weighted by molar-refractivity contribution is 5.48. The summed E-state index contributed by atoms with van der Waals surface area (Å²) >= 11 is 0. The summed E-state index contributed by atoms with van der Waals surface area (Å²) in [6.45, 7) is 1.85. The first-order valence-electron chi connectivity index (χ1n) is 11.7. The van der Waals surface area contributed by atoms with Gasteiger partial charge < -0.3 is 20.9 Å². The first-order chi connectivity index (χ1) is 18.3. The summed E-state index contributed by atoms with van der Waals surface area (Å²) in [6.07, 6.45) is -4.82. The molecule has 0 amide bonds. The molecule has 0 heterocycles. The molecule has 1 unspecified atom stereocenters. The second-order valence-corrected chi connectivity index (χ2v) is 9.00. The summed E-state index contributed by atoms with van der Waals surface area (Å²) in [6, 6.07) is 13.5. The molecule has 204 valence electrons. The number of rotatable bonds is 6. The van der Waals surface area contributed by atoms with Gasteiger partial charge in [0.25, 0.3) is 0 Å². The molecule has 1 aliphatic carbocycles. The lowest BCUT2D eigenvalue weighted by atomic mass is 9.73. The van der Waals surface area contributed by atoms with E-state index in [4.69, 9.17) is 20.9 Å². The molecule has 1 aliphatic rings. The van der Waals surface area contributed by atoms with E-state index in [0.29, 0.717) is 22.9 Å². The van der Waals surface area contributed by atoms with E-state index in [2.05, 4.69) is 0 Å². The Bertz CT molecular complexity index is 1370. The zero-order valence-electron chi connectivity index (χ0n) is 20.6. The molecule has 1 atom stereocenters. The Morgan fingerprint density at radius 1 is 0.590 bits per heavy atom. The number of benzene rings is 3. The third kappa shape index (κ3) is 5.74. The van der Waals surface area contributed by atoms with Crippen LogP contribution in [0.5, 0.6) is 17.2 Å². The van der Waals surface area contributed by atoms with Crippen LogP contribution in [0.2, 0.25) is 0 Å². The maximum Gasteiger partial charge on any atom is 0.411 e. The molecule has 3 aromatic rings. The van der Waals surface area contributed by atoms with Crippen molar-refractivity contribution < 1.29 is 35.8 Å². The Labute approximate surface area is 220 Å². The first kappa shape index (κ1) is 27.7. The Morgan fingerprint density at radius 2 is 1.03 bits per heavy atom. The molecule has 3 aromatic carbocycles. The second-order valence-electron chi connectivity index (χ2n) is 9.00. The van der Waals surface area contributed by atoms with Crippen molar-refractivity contribution >= 4 is 5.69 Å². The number of anilines is 1. The molecule has 0 bridgehead atoms. The van der Waals surface area contributed by atoms with Crippen LogP contribution in [0.1, 0.15) is 18.1 Å². The standard InChI is InChI=1S/C29H24F6N2O2/c1-18-16-22(37)8-15-26(17-18)39-24-11-4-20(5-12-24)27(28(30,31)32,29(33,34)35)19-2-9-23(10-3-19)38-25-13-6-21(36)7-14-25/h2-18H,36-37H2,1H3. The van der Waals surface area contributed by atoms with E-state index in [-0.39, 0.29) is 17.4 Å². The van der Waals surface area contributed by atoms with Crippen molar-refractivity contribution in [2.45, 2.75) is 24.7 Å². The van der Waals surface area contributed by atoms with Crippen molar-refractivity contribution in [3.63, 3.8) is 0 Å². The molecule has 0 radical (unpaired) electrons. The van der Waals surface area contributed by atoms with Crippen LogP contribution in [0.15, 0.2) is 109 Å². The van der Waals surface area contributed by atoms with Crippen LogP contribution < -0.4 is 20.9 Å². The van der Waals surface area contributed by atoms with Crippen molar-refractivity contribution in [2.75, 3.05) is 5.73 Å². The average molecular weight is 547 g/mol. The van der Waals surface area contributed by atoms with Gasteiger partial charge in [-0.2, -0.15) is 26.3 Å². The quantitative estimate of drug-likeness (QED) is 0.245. The smallest absolute Gasteiger partial charge is 0.411 e. The fraction of sp³-hybridized carbons (Fsp3) is 0.172. The summed E-state index contributed by atoms with van der Waals surface area (Å²) in [5, 5.41) is 0. The minimum absolute atomic E-state index is 0.0552. The second kappa shape index (κ2) is 10.4. The van der Waals surface area contributed by atoms with Gasteiger partial charge in [0.05, 0.1) is 0 Å². The molecule has 0 fully saturated rings. The predicted octanol–water partition coefficient (Wildman–Crippen LogP) is 7.78. The summed E-state index contributed by atoms with van der Waals surface area (Å²) in [5.41, 5.74) is 6.06. The van der Waals surface area contributed by atoms with Gasteiger partial charge in [-0.05, 0) is 83.8 Å². The van der Waals surface area contributed by atoms with Crippen LogP contribution in [-0.4, -0.2) is 12.4 Å². The maximum atomic E-state index is 14.5. The molecule has 4 N–H and O–H groups in total. The van der Waals surface area contributed by atoms with Gasteiger partial charge in [0.1, 0.15) is 23.0 Å². The zero-order chi connectivity index (χ0) is 28.4. The largest absolute Gasteiger partial charge is 0.458 e. The Balaban J connectivity index is 1.69. The van der Waals surface area contributed by atoms with Crippen LogP contribution in [0, 0.1) is 5.92 Å². The van der Waals surface area contributed by atoms with Crippen LogP contribution in [0.4, 0.5) is 32.0 Å². The fourth-order valence-electron chi connectivity index (χ4n) is 4.30. The van der Waals surface area contributed by atoms with Crippen molar-refractivity contribution in [3.05, 3.63) is 120 Å². The van der Waals surface area contributed by atoms with Crippen LogP contribution >= 0.6 is 0 Å². The normalized spacial score (nSPS) is 16.2. The lowest BCUT2D eigenvalue weighted by Gasteiger charge is -2.38. The molecule has 0 aromatic heterocycles. The monoisotopic (exact) mass is 546 g/mol. The molecular formula is C29H24F6N2O2. The number of alkyl halides is 6. The van der Waals surface area contributed by atoms with Gasteiger partial charge in [0.15, 0.2) is 0 Å². The molecule has 4 nitrogen and oxygen atoms in total. The Morgan fingerprint density at radius 3 is 1.49 bits per heavy atom. The summed E-state index contributed by atoms with van der Waals surface area (Å²) in [4.78, 5) is 0. The fourth-order valence-corrected chi connectivity index (χ4v) is 4.30. The highest BCUT2D eigenvalue weighted by Gasteiger charge is 2.72. The van der Waals surface area contributed by atoms with Gasteiger partial charge >= 0.3 is 12.4 Å². The molecule has 4 rings (SSSR count). The lowest BCUT2D eigenvalue weighted by molar-refractivity contribution is -0.288. The van der Waals surface area contributed by atoms with E-state index < -0.39 is 28.9 Å². The van der Waals surface area contributed by atoms with Gasteiger partial charge in [-0.3, -0.25) is 0 Å². The van der Waals surface area contributed by atoms with Gasteiger partial charge in [0.2, 0.25) is 5.41 Å². The van der Waals surface area contributed by atoms with Gasteiger partial charge in [0, 0.05) is 11.4 Å². The molecule has 0 saturated heterocycles. The predicted molar refractivity (Wildman–Crippen MR) is 136 cm³/mol. The minimum Gasteiger partial charge on any atom is -0.458 e. The van der Waals surface area contributed by atoms with Crippen molar-refractivity contribution in [1.82, 2.24) is 0 Å². The highest BCUT2D eigenvalue weighted by Crippen LogP contribution is 2.56. The topological polar surface area (TPSA) is 70.5 Å². The van der Waals surface area contributed by atoms with Crippen LogP contribution in [-0.2, 0) is 5.41 Å². The number of nitrogens with two attached hydrogens (primary N) is 2. The molecule has 10 heteroatoms. The summed E-state index contributed by atoms with van der Waals surface area (Å²) in [7, 11) is 0. The van der Waals surface area contributed by atoms with E-state index in [1.165, 1.54) is 12.1 Å². The van der Waals surface area contributed by atoms with Crippen molar-refractivity contribution in [1.29, 1.82) is 0 Å². The maximum absolute atomic E-state index is 14.5. The molecule has 39 heavy (non-hydrogen) atoms. The van der Waals surface area contributed by atoms with E-state index in [0.717, 1.165) is 48.5 Å². The van der Waals surface area contributed by atoms with Crippen LogP contribution in [0.25, 0.3) is 0 Å². The Kier molecular flexibility index (Phi) is 7.41. The molecule has 0 aliphatic heterocycles. The van der Waals surface area contributed by atoms with E-state index >= 15 is 0 Å². The molecule has 0 saturated carbocycles. The third-order valence-corrected chi connectivity index (χ3v) is 6.10. The van der Waals surface area contributed by atoms with E-state index in [1.807, 2.05) is 6.92 Å². The number of halogens is 6. The van der Waals surface area contributed by atoms with Gasteiger partial charge in [-0.15, -0.1) is 0 Å². The van der Waals surface area contributed by atoms with Crippen molar-refractivity contribution in [2.24, 2.45) is 11.7 Å². The Hall–Kier alpha value is -4.34. The summed E-state index contributed by atoms with van der Waals surface area (Å²) in [5.74, 6) is 0.690. The first-order valence-corrected chi connectivity index (χ1v) is 11.7. The number of allylic oxidation sites excluding steroid dienone is 4. The van der Waals surface area contributed by atoms with Gasteiger partial charge in [-0.1, -0.05) is 37.3 Å². The zero-order valence-corrected chi connectivity index (χ0v) is 20.6. The molecule has 0 spiro atoms. The summed E-state index contributed by atoms with van der Waals surface area (Å²) < 4.78 is 98.2. The van der Waals surface area contributed by atoms with E-state index in [9.17, 15) is 26.3 Å². The van der Waals surface area contributed by atoms with Crippen LogP contribution in [0.3, 0.4) is 0 Å². The number of ether oxygens (including phenoxy) is 2. The third-order valence-electron chi connectivity index (χ3n) is 6.10. The highest BCUT2D eigenvalue weighted by atomic mass is 19.4. The molecular weight excluding hydrogens is 522 g/mol. The van der Waals surface area contributed by atoms with E-state index in [1.54, 1.807) is 36.4 Å². The number of nitrogen functional groups attached to an aromatic ring is 1. The van der Waals surface area contributed by atoms with Crippen molar-refractivity contribution in [3.8, 4) is 17.2 Å². The average Bonchev–Trinajstić information content (AvgIpc) is 3.00. The van der Waals surface area contributed by atoms with Gasteiger partial charge in [-0.25, -0.2) is 0 Å². The SMILES string of the molecule is CC1C=C(N)C=CC(Oc2ccc(C(c3ccc(Oc4ccc(N)cc4)cc3)(C(F)(F)F)C(F)(F)F)cc2)=C1. The number of hydrogen-bond donors (Lipinski definition) is 2. The minimum atomic E-state index is -5.72. The number of hydrogen-bond acceptors (Lipinski definition) is 4. The lowest BCUT2D eigenvalue weighted by Crippen LogP contribution is -2.54.